The SMILES string of the molecule is O=CO/C=C/c1cccc(/C=C/C(=O)O)n1. The van der Waals surface area contributed by atoms with E-state index in [1.165, 1.54) is 18.4 Å². The summed E-state index contributed by atoms with van der Waals surface area (Å²) in [6.07, 6.45) is 5.06. The van der Waals surface area contributed by atoms with Gasteiger partial charge in [0.25, 0.3) is 6.47 Å². The van der Waals surface area contributed by atoms with Crippen LogP contribution in [0, 0.1) is 0 Å². The summed E-state index contributed by atoms with van der Waals surface area (Å²) in [7, 11) is 0. The Morgan fingerprint density at radius 2 is 2.00 bits per heavy atom. The maximum Gasteiger partial charge on any atom is 0.328 e. The highest BCUT2D eigenvalue weighted by Crippen LogP contribution is 2.03. The molecular formula is C11H9NO4. The number of nitrogens with zero attached hydrogens (tertiary/aromatic N) is 1. The topological polar surface area (TPSA) is 76.5 Å². The van der Waals surface area contributed by atoms with Crippen LogP contribution in [-0.4, -0.2) is 22.5 Å². The molecule has 0 saturated carbocycles. The average Bonchev–Trinajstić information content (AvgIpc) is 2.27. The first-order valence-corrected chi connectivity index (χ1v) is 4.36. The van der Waals surface area contributed by atoms with E-state index in [0.29, 0.717) is 17.9 Å². The zero-order chi connectivity index (χ0) is 11.8. The van der Waals surface area contributed by atoms with Crippen LogP contribution in [0.2, 0.25) is 0 Å². The van der Waals surface area contributed by atoms with Gasteiger partial charge in [-0.1, -0.05) is 6.07 Å². The Labute approximate surface area is 91.7 Å². The van der Waals surface area contributed by atoms with E-state index >= 15 is 0 Å². The van der Waals surface area contributed by atoms with Gasteiger partial charge in [0.1, 0.15) is 0 Å². The second-order valence-electron chi connectivity index (χ2n) is 2.69. The molecule has 0 bridgehead atoms. The highest BCUT2D eigenvalue weighted by atomic mass is 16.5. The number of carbonyl (C=O) groups excluding carboxylic acids is 1. The zero-order valence-corrected chi connectivity index (χ0v) is 8.24. The van der Waals surface area contributed by atoms with Crippen molar-refractivity contribution < 1.29 is 19.4 Å². The number of aromatic nitrogens is 1. The third-order valence-electron chi connectivity index (χ3n) is 1.56. The number of carboxylic acids is 1. The van der Waals surface area contributed by atoms with Crippen LogP contribution in [0.25, 0.3) is 12.2 Å². The van der Waals surface area contributed by atoms with E-state index in [-0.39, 0.29) is 0 Å². The van der Waals surface area contributed by atoms with E-state index in [2.05, 4.69) is 9.72 Å². The highest BCUT2D eigenvalue weighted by Gasteiger charge is 1.92. The molecule has 1 rings (SSSR count). The van der Waals surface area contributed by atoms with Gasteiger partial charge in [0, 0.05) is 6.08 Å². The van der Waals surface area contributed by atoms with Gasteiger partial charge in [0.2, 0.25) is 0 Å². The highest BCUT2D eigenvalue weighted by molar-refractivity contribution is 5.84. The summed E-state index contributed by atoms with van der Waals surface area (Å²) in [4.78, 5) is 24.2. The molecule has 0 aromatic carbocycles. The van der Waals surface area contributed by atoms with E-state index < -0.39 is 5.97 Å². The Morgan fingerprint density at radius 1 is 1.31 bits per heavy atom. The molecule has 82 valence electrons. The minimum absolute atomic E-state index is 0.296. The van der Waals surface area contributed by atoms with E-state index in [1.807, 2.05) is 0 Å². The molecule has 1 aromatic rings. The van der Waals surface area contributed by atoms with Gasteiger partial charge in [-0.3, -0.25) is 4.79 Å². The molecule has 0 atom stereocenters. The second-order valence-corrected chi connectivity index (χ2v) is 2.69. The Bertz CT molecular complexity index is 437. The van der Waals surface area contributed by atoms with Crippen molar-refractivity contribution in [2.75, 3.05) is 0 Å². The van der Waals surface area contributed by atoms with Gasteiger partial charge < -0.3 is 9.84 Å². The van der Waals surface area contributed by atoms with Crippen molar-refractivity contribution in [1.82, 2.24) is 4.98 Å². The van der Waals surface area contributed by atoms with Gasteiger partial charge >= 0.3 is 5.97 Å². The Balaban J connectivity index is 2.78. The molecule has 5 heteroatoms. The summed E-state index contributed by atoms with van der Waals surface area (Å²) in [6.45, 7) is 0.296. The Hall–Kier alpha value is -2.43. The number of rotatable bonds is 5. The third kappa shape index (κ3) is 4.19. The van der Waals surface area contributed by atoms with E-state index in [9.17, 15) is 9.59 Å². The van der Waals surface area contributed by atoms with E-state index in [1.54, 1.807) is 18.2 Å². The summed E-state index contributed by atoms with van der Waals surface area (Å²) < 4.78 is 4.36. The first-order valence-electron chi connectivity index (χ1n) is 4.36. The molecule has 0 aliphatic carbocycles. The molecule has 5 nitrogen and oxygen atoms in total. The summed E-state index contributed by atoms with van der Waals surface area (Å²) >= 11 is 0. The fraction of sp³-hybridized carbons (Fsp3) is 0. The molecule has 0 unspecified atom stereocenters. The predicted octanol–water partition coefficient (Wildman–Crippen LogP) is 1.32. The molecule has 1 aromatic heterocycles. The Morgan fingerprint density at radius 3 is 2.62 bits per heavy atom. The smallest absolute Gasteiger partial charge is 0.328 e. The van der Waals surface area contributed by atoms with Crippen molar-refractivity contribution >= 4 is 24.6 Å². The van der Waals surface area contributed by atoms with Gasteiger partial charge in [0.15, 0.2) is 0 Å². The molecule has 0 fully saturated rings. The van der Waals surface area contributed by atoms with Crippen LogP contribution in [0.4, 0.5) is 0 Å². The van der Waals surface area contributed by atoms with Crippen molar-refractivity contribution in [3.8, 4) is 0 Å². The largest absolute Gasteiger partial charge is 0.478 e. The summed E-state index contributed by atoms with van der Waals surface area (Å²) in [5.41, 5.74) is 1.07. The molecule has 0 spiro atoms. The number of aliphatic carboxylic acids is 1. The van der Waals surface area contributed by atoms with Gasteiger partial charge in [0.05, 0.1) is 17.6 Å². The van der Waals surface area contributed by atoms with Crippen LogP contribution in [0.1, 0.15) is 11.4 Å². The standard InChI is InChI=1S/C11H9NO4/c13-8-16-7-6-10-3-1-2-9(12-10)4-5-11(14)15/h1-8H,(H,14,15)/b5-4+,7-6+. The fourth-order valence-corrected chi connectivity index (χ4v) is 0.952. The van der Waals surface area contributed by atoms with Crippen LogP contribution in [0.5, 0.6) is 0 Å². The second kappa shape index (κ2) is 6.13. The van der Waals surface area contributed by atoms with Crippen LogP contribution in [0.3, 0.4) is 0 Å². The molecule has 1 heterocycles. The lowest BCUT2D eigenvalue weighted by molar-refractivity contribution is -0.131. The molecule has 0 aliphatic rings. The minimum atomic E-state index is -1.04. The van der Waals surface area contributed by atoms with Gasteiger partial charge in [-0.15, -0.1) is 0 Å². The summed E-state index contributed by atoms with van der Waals surface area (Å²) in [5.74, 6) is -1.04. The lowest BCUT2D eigenvalue weighted by Crippen LogP contribution is -1.88. The summed E-state index contributed by atoms with van der Waals surface area (Å²) in [6, 6.07) is 5.08. The first kappa shape index (κ1) is 11.6. The van der Waals surface area contributed by atoms with E-state index in [0.717, 1.165) is 6.08 Å². The van der Waals surface area contributed by atoms with Crippen molar-refractivity contribution in [2.45, 2.75) is 0 Å². The van der Waals surface area contributed by atoms with Crippen molar-refractivity contribution in [3.05, 3.63) is 41.9 Å². The van der Waals surface area contributed by atoms with Crippen LogP contribution < -0.4 is 0 Å². The monoisotopic (exact) mass is 219 g/mol. The number of hydrogen-bond acceptors (Lipinski definition) is 4. The molecule has 1 N–H and O–H groups in total. The molecule has 0 radical (unpaired) electrons. The summed E-state index contributed by atoms with van der Waals surface area (Å²) in [5, 5.41) is 8.43. The molecule has 0 aliphatic heterocycles. The molecule has 0 amide bonds. The minimum Gasteiger partial charge on any atom is -0.478 e. The third-order valence-corrected chi connectivity index (χ3v) is 1.56. The molecule has 16 heavy (non-hydrogen) atoms. The fourth-order valence-electron chi connectivity index (χ4n) is 0.952. The van der Waals surface area contributed by atoms with Crippen LogP contribution in [0.15, 0.2) is 30.5 Å². The zero-order valence-electron chi connectivity index (χ0n) is 8.24. The predicted molar refractivity (Wildman–Crippen MR) is 57.1 cm³/mol. The van der Waals surface area contributed by atoms with Crippen molar-refractivity contribution in [3.63, 3.8) is 0 Å². The number of hydrogen-bond donors (Lipinski definition) is 1. The van der Waals surface area contributed by atoms with Crippen molar-refractivity contribution in [2.24, 2.45) is 0 Å². The van der Waals surface area contributed by atoms with Crippen LogP contribution >= 0.6 is 0 Å². The number of pyridine rings is 1. The first-order chi connectivity index (χ1) is 7.72. The maximum atomic E-state index is 10.3. The van der Waals surface area contributed by atoms with E-state index in [4.69, 9.17) is 5.11 Å². The van der Waals surface area contributed by atoms with Gasteiger partial charge in [-0.05, 0) is 24.3 Å². The maximum absolute atomic E-state index is 10.3. The lowest BCUT2D eigenvalue weighted by atomic mass is 10.3. The number of carbonyl (C=O) groups is 2. The molecular weight excluding hydrogens is 210 g/mol. The number of ether oxygens (including phenoxy) is 1. The lowest BCUT2D eigenvalue weighted by Gasteiger charge is -1.95. The van der Waals surface area contributed by atoms with Gasteiger partial charge in [-0.2, -0.15) is 0 Å². The molecule has 0 saturated heterocycles. The Kier molecular flexibility index (Phi) is 4.46. The normalized spacial score (nSPS) is 10.8. The number of carboxylic acid groups (broad SMARTS) is 1. The van der Waals surface area contributed by atoms with Crippen molar-refractivity contribution in [1.29, 1.82) is 0 Å². The quantitative estimate of drug-likeness (QED) is 0.459. The average molecular weight is 219 g/mol. The van der Waals surface area contributed by atoms with Crippen LogP contribution in [-0.2, 0) is 14.3 Å². The van der Waals surface area contributed by atoms with Gasteiger partial charge in [-0.25, -0.2) is 9.78 Å².